The van der Waals surface area contributed by atoms with Gasteiger partial charge in [0, 0.05) is 49.3 Å². The van der Waals surface area contributed by atoms with Crippen LogP contribution in [0.2, 0.25) is 5.15 Å². The summed E-state index contributed by atoms with van der Waals surface area (Å²) in [5, 5.41) is 5.72. The summed E-state index contributed by atoms with van der Waals surface area (Å²) in [4.78, 5) is 17.7. The number of halogens is 2. The molecule has 1 N–H and O–H groups in total. The molecular formula is C23H28ClFN6O2. The van der Waals surface area contributed by atoms with Gasteiger partial charge in [-0.05, 0) is 44.7 Å². The number of nitrogens with one attached hydrogen (secondary N) is 1. The molecule has 7 rings (SSSR count). The van der Waals surface area contributed by atoms with Crippen LogP contribution in [0.4, 0.5) is 10.2 Å². The second-order valence-corrected chi connectivity index (χ2v) is 9.82. The van der Waals surface area contributed by atoms with Gasteiger partial charge < -0.3 is 19.4 Å². The Labute approximate surface area is 196 Å². The largest absolute Gasteiger partial charge is 0.467 e. The van der Waals surface area contributed by atoms with Gasteiger partial charge in [0.25, 0.3) is 0 Å². The van der Waals surface area contributed by atoms with Crippen molar-refractivity contribution < 1.29 is 13.5 Å². The predicted octanol–water partition coefficient (Wildman–Crippen LogP) is 3.57. The van der Waals surface area contributed by atoms with E-state index in [0.29, 0.717) is 47.1 Å². The Morgan fingerprint density at radius 1 is 1.18 bits per heavy atom. The molecule has 8 nitrogen and oxygen atoms in total. The number of hydrogen-bond acceptors (Lipinski definition) is 8. The number of methoxy groups -OCH3 is 1. The summed E-state index contributed by atoms with van der Waals surface area (Å²) in [6.45, 7) is 3.68. The molecule has 4 aliphatic heterocycles. The van der Waals surface area contributed by atoms with E-state index in [2.05, 4.69) is 30.1 Å². The van der Waals surface area contributed by atoms with Gasteiger partial charge in [0.2, 0.25) is 5.71 Å². The summed E-state index contributed by atoms with van der Waals surface area (Å²) in [5.74, 6) is 0.844. The highest BCUT2D eigenvalue weighted by atomic mass is 35.5. The number of aromatic nitrogens is 3. The highest BCUT2D eigenvalue weighted by Crippen LogP contribution is 2.38. The molecule has 4 fully saturated rings. The number of rotatable bonds is 2. The number of nitrogens with zero attached hydrogens (tertiary/aromatic N) is 5. The van der Waals surface area contributed by atoms with Crippen molar-refractivity contribution >= 4 is 39.5 Å². The number of furan rings is 1. The van der Waals surface area contributed by atoms with Gasteiger partial charge in [0.15, 0.2) is 10.7 Å². The standard InChI is InChI=1S/C16H16ClN5O2.C7H12FN/c1-23-16-20-14(22-6-8-2-3-9(7-22)19-8)11-10-4-5-18-13(17)12(10)24-15(11)21-16;8-6-4-7-2-1-3-9(7)5-6/h4-5,8-9,19H,2-3,6-7H2,1H3;6-7H,1-5H2. The highest BCUT2D eigenvalue weighted by Gasteiger charge is 2.35. The molecule has 3 aromatic rings. The van der Waals surface area contributed by atoms with Crippen LogP contribution in [0.3, 0.4) is 0 Å². The lowest BCUT2D eigenvalue weighted by Crippen LogP contribution is -2.51. The van der Waals surface area contributed by atoms with Crippen LogP contribution in [-0.4, -0.2) is 77.4 Å². The SMILES string of the molecule is COc1nc(N2CC3CCC(C2)N3)c2c(n1)oc1c(Cl)nccc12.FC1CC2CCCN2C1. The third-order valence-electron chi connectivity index (χ3n) is 7.32. The second kappa shape index (κ2) is 8.52. The lowest BCUT2D eigenvalue weighted by molar-refractivity contribution is 0.292. The molecule has 33 heavy (non-hydrogen) atoms. The maximum absolute atomic E-state index is 12.6. The van der Waals surface area contributed by atoms with Gasteiger partial charge in [-0.2, -0.15) is 9.97 Å². The molecule has 4 saturated heterocycles. The molecule has 10 heteroatoms. The van der Waals surface area contributed by atoms with E-state index in [0.717, 1.165) is 42.6 Å². The van der Waals surface area contributed by atoms with E-state index in [4.69, 9.17) is 20.8 Å². The Bertz CT molecular complexity index is 1150. The van der Waals surface area contributed by atoms with Crippen LogP contribution in [0, 0.1) is 0 Å². The number of fused-ring (bicyclic) bond motifs is 6. The smallest absolute Gasteiger partial charge is 0.321 e. The van der Waals surface area contributed by atoms with Crippen molar-refractivity contribution in [2.75, 3.05) is 38.2 Å². The molecule has 0 amide bonds. The van der Waals surface area contributed by atoms with Crippen LogP contribution < -0.4 is 15.0 Å². The molecule has 0 aromatic carbocycles. The molecule has 4 aliphatic rings. The molecule has 3 aromatic heterocycles. The first kappa shape index (κ1) is 21.3. The van der Waals surface area contributed by atoms with Crippen LogP contribution in [-0.2, 0) is 0 Å². The molecule has 4 unspecified atom stereocenters. The lowest BCUT2D eigenvalue weighted by atomic mass is 10.1. The van der Waals surface area contributed by atoms with E-state index in [9.17, 15) is 4.39 Å². The van der Waals surface area contributed by atoms with E-state index in [1.54, 1.807) is 13.3 Å². The van der Waals surface area contributed by atoms with Gasteiger partial charge in [0.05, 0.1) is 12.5 Å². The number of piperazine rings is 1. The maximum Gasteiger partial charge on any atom is 0.321 e. The summed E-state index contributed by atoms with van der Waals surface area (Å²) in [6, 6.07) is 3.81. The van der Waals surface area contributed by atoms with Crippen LogP contribution in [0.1, 0.15) is 32.1 Å². The van der Waals surface area contributed by atoms with Crippen molar-refractivity contribution in [2.24, 2.45) is 0 Å². The summed E-state index contributed by atoms with van der Waals surface area (Å²) in [7, 11) is 1.56. The fourth-order valence-electron chi connectivity index (χ4n) is 5.85. The van der Waals surface area contributed by atoms with Crippen molar-refractivity contribution in [3.05, 3.63) is 17.4 Å². The van der Waals surface area contributed by atoms with E-state index in [1.165, 1.54) is 25.7 Å². The topological polar surface area (TPSA) is 79.5 Å². The highest BCUT2D eigenvalue weighted by molar-refractivity contribution is 6.34. The van der Waals surface area contributed by atoms with Gasteiger partial charge in [-0.25, -0.2) is 9.37 Å². The number of pyridine rings is 1. The Hall–Kier alpha value is -2.23. The summed E-state index contributed by atoms with van der Waals surface area (Å²) in [5.41, 5.74) is 1.02. The van der Waals surface area contributed by atoms with Gasteiger partial charge >= 0.3 is 6.01 Å². The van der Waals surface area contributed by atoms with Crippen molar-refractivity contribution in [3.8, 4) is 6.01 Å². The summed E-state index contributed by atoms with van der Waals surface area (Å²) in [6.07, 6.45) is 6.89. The molecule has 0 aliphatic carbocycles. The summed E-state index contributed by atoms with van der Waals surface area (Å²) < 4.78 is 23.7. The van der Waals surface area contributed by atoms with Crippen LogP contribution in [0.15, 0.2) is 16.7 Å². The van der Waals surface area contributed by atoms with E-state index >= 15 is 0 Å². The first-order valence-corrected chi connectivity index (χ1v) is 12.1. The zero-order valence-electron chi connectivity index (χ0n) is 18.6. The first-order valence-electron chi connectivity index (χ1n) is 11.8. The predicted molar refractivity (Wildman–Crippen MR) is 125 cm³/mol. The number of ether oxygens (including phenoxy) is 1. The molecule has 0 spiro atoms. The zero-order valence-corrected chi connectivity index (χ0v) is 19.4. The maximum atomic E-state index is 12.6. The first-order chi connectivity index (χ1) is 16.1. The number of hydrogen-bond donors (Lipinski definition) is 1. The monoisotopic (exact) mass is 474 g/mol. The number of alkyl halides is 1. The van der Waals surface area contributed by atoms with Gasteiger partial charge in [-0.15, -0.1) is 0 Å². The zero-order chi connectivity index (χ0) is 22.5. The van der Waals surface area contributed by atoms with E-state index in [1.807, 2.05) is 6.07 Å². The minimum atomic E-state index is -0.518. The Morgan fingerprint density at radius 2 is 2.00 bits per heavy atom. The van der Waals surface area contributed by atoms with Gasteiger partial charge in [0.1, 0.15) is 12.0 Å². The Kier molecular flexibility index (Phi) is 5.50. The van der Waals surface area contributed by atoms with Gasteiger partial charge in [-0.3, -0.25) is 4.90 Å². The van der Waals surface area contributed by atoms with E-state index < -0.39 is 6.17 Å². The lowest BCUT2D eigenvalue weighted by Gasteiger charge is -2.34. The van der Waals surface area contributed by atoms with Crippen LogP contribution >= 0.6 is 11.6 Å². The Morgan fingerprint density at radius 3 is 2.76 bits per heavy atom. The molecular weight excluding hydrogens is 447 g/mol. The molecule has 176 valence electrons. The fraction of sp³-hybridized carbons (Fsp3) is 0.609. The van der Waals surface area contributed by atoms with Crippen LogP contribution in [0.25, 0.3) is 22.1 Å². The number of anilines is 1. The summed E-state index contributed by atoms with van der Waals surface area (Å²) >= 11 is 6.19. The minimum absolute atomic E-state index is 0.298. The molecule has 0 saturated carbocycles. The van der Waals surface area contributed by atoms with Crippen LogP contribution in [0.5, 0.6) is 6.01 Å². The normalized spacial score (nSPS) is 28.9. The average Bonchev–Trinajstić information content (AvgIpc) is 3.56. The van der Waals surface area contributed by atoms with E-state index in [-0.39, 0.29) is 0 Å². The average molecular weight is 475 g/mol. The minimum Gasteiger partial charge on any atom is -0.467 e. The Balaban J connectivity index is 0.000000192. The fourth-order valence-corrected chi connectivity index (χ4v) is 6.05. The molecule has 2 bridgehead atoms. The third-order valence-corrected chi connectivity index (χ3v) is 7.59. The third kappa shape index (κ3) is 3.90. The van der Waals surface area contributed by atoms with Crippen molar-refractivity contribution in [3.63, 3.8) is 0 Å². The van der Waals surface area contributed by atoms with Crippen molar-refractivity contribution in [1.82, 2.24) is 25.2 Å². The van der Waals surface area contributed by atoms with Crippen molar-refractivity contribution in [1.29, 1.82) is 0 Å². The molecule has 7 heterocycles. The molecule has 0 radical (unpaired) electrons. The molecule has 4 atom stereocenters. The quantitative estimate of drug-likeness (QED) is 0.565. The van der Waals surface area contributed by atoms with Crippen molar-refractivity contribution in [2.45, 2.75) is 56.4 Å². The second-order valence-electron chi connectivity index (χ2n) is 9.46. The van der Waals surface area contributed by atoms with Gasteiger partial charge in [-0.1, -0.05) is 11.6 Å².